The van der Waals surface area contributed by atoms with Gasteiger partial charge in [-0.05, 0) is 48.2 Å². The average Bonchev–Trinajstić information content (AvgIpc) is 2.81. The summed E-state index contributed by atoms with van der Waals surface area (Å²) >= 11 is 0. The Morgan fingerprint density at radius 3 is 2.58 bits per heavy atom. The van der Waals surface area contributed by atoms with E-state index >= 15 is 0 Å². The van der Waals surface area contributed by atoms with Crippen LogP contribution in [0.25, 0.3) is 22.2 Å². The van der Waals surface area contributed by atoms with Gasteiger partial charge in [0.05, 0.1) is 11.0 Å². The smallest absolute Gasteiger partial charge is 0.111 e. The van der Waals surface area contributed by atoms with Gasteiger partial charge in [0.2, 0.25) is 0 Å². The molecule has 0 atom stereocenters. The third kappa shape index (κ3) is 2.33. The number of aromatic nitrogens is 3. The highest BCUT2D eigenvalue weighted by atomic mass is 15.2. The van der Waals surface area contributed by atoms with Gasteiger partial charge in [-0.25, -0.2) is 4.98 Å². The molecule has 2 aromatic heterocycles. The number of nitrogens with zero attached hydrogens (tertiary/aromatic N) is 4. The van der Waals surface area contributed by atoms with Crippen molar-refractivity contribution in [2.75, 3.05) is 13.1 Å². The number of hydrogen-bond acceptors (Lipinski definition) is 3. The topological polar surface area (TPSA) is 34.0 Å². The summed E-state index contributed by atoms with van der Waals surface area (Å²) in [5.41, 5.74) is 4.81. The molecule has 0 unspecified atom stereocenters. The minimum absolute atomic E-state index is 0.833. The van der Waals surface area contributed by atoms with Gasteiger partial charge < -0.3 is 4.57 Å². The monoisotopic (exact) mass is 318 g/mol. The second-order valence-corrected chi connectivity index (χ2v) is 6.99. The maximum absolute atomic E-state index is 4.96. The van der Waals surface area contributed by atoms with Crippen molar-refractivity contribution in [1.29, 1.82) is 0 Å². The number of rotatable bonds is 2. The van der Waals surface area contributed by atoms with Crippen LogP contribution in [0.2, 0.25) is 0 Å². The van der Waals surface area contributed by atoms with Crippen LogP contribution in [0.4, 0.5) is 0 Å². The van der Waals surface area contributed by atoms with E-state index in [1.165, 1.54) is 41.7 Å². The highest BCUT2D eigenvalue weighted by Crippen LogP contribution is 2.29. The van der Waals surface area contributed by atoms with Crippen molar-refractivity contribution < 1.29 is 0 Å². The van der Waals surface area contributed by atoms with Crippen LogP contribution in [0, 0.1) is 0 Å². The van der Waals surface area contributed by atoms with Crippen LogP contribution in [0.5, 0.6) is 0 Å². The molecule has 0 bridgehead atoms. The summed E-state index contributed by atoms with van der Waals surface area (Å²) in [5, 5.41) is 0. The lowest BCUT2D eigenvalue weighted by Gasteiger charge is -2.36. The molecule has 1 saturated carbocycles. The standard InChI is InChI=1S/C20H22N4/c1-2-17(3-1)23-11-8-20-22-18-14-16(15-6-9-21-10-7-15)4-5-19(18)24(20)13-12-23/h4-7,9-10,14,17H,1-3,8,11-13H2. The van der Waals surface area contributed by atoms with Crippen molar-refractivity contribution in [1.82, 2.24) is 19.4 Å². The van der Waals surface area contributed by atoms with E-state index in [1.54, 1.807) is 0 Å². The molecule has 24 heavy (non-hydrogen) atoms. The van der Waals surface area contributed by atoms with Gasteiger partial charge in [-0.1, -0.05) is 12.5 Å². The molecule has 3 aromatic rings. The summed E-state index contributed by atoms with van der Waals surface area (Å²) in [7, 11) is 0. The van der Waals surface area contributed by atoms with Gasteiger partial charge in [0, 0.05) is 44.5 Å². The van der Waals surface area contributed by atoms with Crippen LogP contribution in [0.15, 0.2) is 42.7 Å². The van der Waals surface area contributed by atoms with Crippen LogP contribution < -0.4 is 0 Å². The summed E-state index contributed by atoms with van der Waals surface area (Å²) < 4.78 is 2.43. The largest absolute Gasteiger partial charge is 0.327 e. The van der Waals surface area contributed by atoms with Gasteiger partial charge in [-0.2, -0.15) is 0 Å². The molecule has 0 N–H and O–H groups in total. The highest BCUT2D eigenvalue weighted by Gasteiger charge is 2.27. The molecule has 5 rings (SSSR count). The first-order valence-corrected chi connectivity index (χ1v) is 9.02. The van der Waals surface area contributed by atoms with E-state index < -0.39 is 0 Å². The number of pyridine rings is 1. The van der Waals surface area contributed by atoms with Crippen LogP contribution >= 0.6 is 0 Å². The van der Waals surface area contributed by atoms with Gasteiger partial charge in [-0.15, -0.1) is 0 Å². The maximum Gasteiger partial charge on any atom is 0.111 e. The predicted molar refractivity (Wildman–Crippen MR) is 95.9 cm³/mol. The van der Waals surface area contributed by atoms with Crippen LogP contribution in [0.1, 0.15) is 25.1 Å². The summed E-state index contributed by atoms with van der Waals surface area (Å²) in [6.45, 7) is 3.39. The molecule has 122 valence electrons. The lowest BCUT2D eigenvalue weighted by atomic mass is 9.91. The Balaban J connectivity index is 1.48. The normalized spacial score (nSPS) is 19.0. The Bertz CT molecular complexity index is 864. The fraction of sp³-hybridized carbons (Fsp3) is 0.400. The molecule has 1 aliphatic heterocycles. The number of imidazole rings is 1. The second kappa shape index (κ2) is 5.71. The van der Waals surface area contributed by atoms with Gasteiger partial charge in [0.15, 0.2) is 0 Å². The third-order valence-corrected chi connectivity index (χ3v) is 5.67. The average molecular weight is 318 g/mol. The molecule has 0 radical (unpaired) electrons. The molecule has 3 heterocycles. The number of fused-ring (bicyclic) bond motifs is 3. The van der Waals surface area contributed by atoms with E-state index in [4.69, 9.17) is 4.98 Å². The molecule has 1 fully saturated rings. The second-order valence-electron chi connectivity index (χ2n) is 6.99. The van der Waals surface area contributed by atoms with Crippen LogP contribution in [-0.2, 0) is 13.0 Å². The number of benzene rings is 1. The quantitative estimate of drug-likeness (QED) is 0.725. The molecule has 0 spiro atoms. The molecular formula is C20H22N4. The summed E-state index contributed by atoms with van der Waals surface area (Å²) in [4.78, 5) is 11.7. The van der Waals surface area contributed by atoms with Crippen molar-refractivity contribution in [2.24, 2.45) is 0 Å². The molecule has 0 amide bonds. The molecule has 1 aromatic carbocycles. The van der Waals surface area contributed by atoms with Crippen molar-refractivity contribution in [3.63, 3.8) is 0 Å². The number of hydrogen-bond donors (Lipinski definition) is 0. The SMILES string of the molecule is c1cc(-c2ccc3c(c2)nc2n3CCN(C3CCC3)CC2)ccn1. The van der Waals surface area contributed by atoms with E-state index in [2.05, 4.69) is 44.8 Å². The molecule has 2 aliphatic rings. The van der Waals surface area contributed by atoms with E-state index in [1.807, 2.05) is 12.4 Å². The fourth-order valence-corrected chi connectivity index (χ4v) is 4.04. The zero-order valence-corrected chi connectivity index (χ0v) is 13.9. The predicted octanol–water partition coefficient (Wildman–Crippen LogP) is 3.51. The van der Waals surface area contributed by atoms with Crippen molar-refractivity contribution in [2.45, 2.75) is 38.3 Å². The van der Waals surface area contributed by atoms with E-state index in [-0.39, 0.29) is 0 Å². The van der Waals surface area contributed by atoms with E-state index in [9.17, 15) is 0 Å². The van der Waals surface area contributed by atoms with Gasteiger partial charge >= 0.3 is 0 Å². The molecule has 4 nitrogen and oxygen atoms in total. The third-order valence-electron chi connectivity index (χ3n) is 5.67. The fourth-order valence-electron chi connectivity index (χ4n) is 4.04. The Morgan fingerprint density at radius 2 is 1.79 bits per heavy atom. The molecular weight excluding hydrogens is 296 g/mol. The van der Waals surface area contributed by atoms with E-state index in [0.717, 1.165) is 37.6 Å². The van der Waals surface area contributed by atoms with Gasteiger partial charge in [-0.3, -0.25) is 9.88 Å². The molecule has 0 saturated heterocycles. The van der Waals surface area contributed by atoms with E-state index in [0.29, 0.717) is 0 Å². The Kier molecular flexibility index (Phi) is 3.37. The zero-order chi connectivity index (χ0) is 15.9. The van der Waals surface area contributed by atoms with Gasteiger partial charge in [0.1, 0.15) is 5.82 Å². The van der Waals surface area contributed by atoms with Crippen molar-refractivity contribution in [3.8, 4) is 11.1 Å². The molecule has 4 heteroatoms. The lowest BCUT2D eigenvalue weighted by Crippen LogP contribution is -2.41. The van der Waals surface area contributed by atoms with Crippen molar-refractivity contribution >= 4 is 11.0 Å². The van der Waals surface area contributed by atoms with Crippen LogP contribution in [-0.4, -0.2) is 38.6 Å². The zero-order valence-electron chi connectivity index (χ0n) is 13.9. The minimum Gasteiger partial charge on any atom is -0.327 e. The summed E-state index contributed by atoms with van der Waals surface area (Å²) in [6.07, 6.45) is 8.94. The lowest BCUT2D eigenvalue weighted by molar-refractivity contribution is 0.130. The first-order valence-electron chi connectivity index (χ1n) is 9.02. The minimum atomic E-state index is 0.833. The highest BCUT2D eigenvalue weighted by molar-refractivity contribution is 5.82. The Hall–Kier alpha value is -2.20. The summed E-state index contributed by atoms with van der Waals surface area (Å²) in [6, 6.07) is 11.6. The Labute approximate surface area is 142 Å². The van der Waals surface area contributed by atoms with Crippen molar-refractivity contribution in [3.05, 3.63) is 48.5 Å². The maximum atomic E-state index is 4.96. The van der Waals surface area contributed by atoms with Gasteiger partial charge in [0.25, 0.3) is 0 Å². The first-order chi connectivity index (χ1) is 11.9. The molecule has 1 aliphatic carbocycles. The summed E-state index contributed by atoms with van der Waals surface area (Å²) in [5.74, 6) is 1.25. The van der Waals surface area contributed by atoms with Crippen LogP contribution in [0.3, 0.4) is 0 Å². The Morgan fingerprint density at radius 1 is 0.917 bits per heavy atom. The first kappa shape index (κ1) is 14.2.